The van der Waals surface area contributed by atoms with Crippen LogP contribution in [0.2, 0.25) is 0 Å². The average molecular weight is 233 g/mol. The van der Waals surface area contributed by atoms with Gasteiger partial charge in [-0.2, -0.15) is 0 Å². The van der Waals surface area contributed by atoms with Gasteiger partial charge in [-0.3, -0.25) is 0 Å². The highest BCUT2D eigenvalue weighted by Gasteiger charge is 2.39. The van der Waals surface area contributed by atoms with Gasteiger partial charge < -0.3 is 5.32 Å². The van der Waals surface area contributed by atoms with E-state index in [2.05, 4.69) is 26.1 Å². The fourth-order valence-corrected chi connectivity index (χ4v) is 4.31. The first-order valence-electron chi connectivity index (χ1n) is 5.84. The standard InChI is InChI=1S/C11H23NO2S/c1-4-11(3,9-12-5-2)10-6-7-15(13,14)8-10/h10,12H,4-9H2,1-3H3. The van der Waals surface area contributed by atoms with Crippen molar-refractivity contribution in [1.29, 1.82) is 0 Å². The molecule has 0 aromatic carbocycles. The monoisotopic (exact) mass is 233 g/mol. The van der Waals surface area contributed by atoms with E-state index in [9.17, 15) is 8.42 Å². The maximum atomic E-state index is 11.5. The fraction of sp³-hybridized carbons (Fsp3) is 1.00. The Labute approximate surface area is 93.6 Å². The second-order valence-corrected chi connectivity index (χ2v) is 7.12. The number of sulfone groups is 1. The minimum Gasteiger partial charge on any atom is -0.316 e. The summed E-state index contributed by atoms with van der Waals surface area (Å²) in [7, 11) is -2.74. The van der Waals surface area contributed by atoms with Crippen LogP contribution in [0.15, 0.2) is 0 Å². The summed E-state index contributed by atoms with van der Waals surface area (Å²) in [5.74, 6) is 1.12. The summed E-state index contributed by atoms with van der Waals surface area (Å²) in [5.41, 5.74) is 0.138. The SMILES string of the molecule is CCNCC(C)(CC)C1CCS(=O)(=O)C1. The molecule has 0 amide bonds. The summed E-state index contributed by atoms with van der Waals surface area (Å²) in [6.07, 6.45) is 1.89. The Kier molecular flexibility index (Phi) is 4.18. The molecule has 1 aliphatic rings. The summed E-state index contributed by atoms with van der Waals surface area (Å²) < 4.78 is 22.9. The average Bonchev–Trinajstić information content (AvgIpc) is 2.56. The quantitative estimate of drug-likeness (QED) is 0.782. The van der Waals surface area contributed by atoms with E-state index < -0.39 is 9.84 Å². The number of rotatable bonds is 5. The highest BCUT2D eigenvalue weighted by molar-refractivity contribution is 7.91. The van der Waals surface area contributed by atoms with Crippen LogP contribution < -0.4 is 5.32 Å². The van der Waals surface area contributed by atoms with Crippen molar-refractivity contribution in [3.8, 4) is 0 Å². The molecule has 0 bridgehead atoms. The summed E-state index contributed by atoms with van der Waals surface area (Å²) >= 11 is 0. The van der Waals surface area contributed by atoms with Crippen LogP contribution in [0.3, 0.4) is 0 Å². The van der Waals surface area contributed by atoms with E-state index in [0.29, 0.717) is 17.4 Å². The minimum atomic E-state index is -2.74. The minimum absolute atomic E-state index is 0.138. The largest absolute Gasteiger partial charge is 0.316 e. The van der Waals surface area contributed by atoms with Gasteiger partial charge in [0.2, 0.25) is 0 Å². The van der Waals surface area contributed by atoms with E-state index >= 15 is 0 Å². The third kappa shape index (κ3) is 3.18. The Balaban J connectivity index is 2.66. The number of nitrogens with one attached hydrogen (secondary N) is 1. The zero-order valence-corrected chi connectivity index (χ0v) is 10.9. The van der Waals surface area contributed by atoms with Crippen LogP contribution in [0.25, 0.3) is 0 Å². The lowest BCUT2D eigenvalue weighted by atomic mass is 9.74. The molecule has 90 valence electrons. The summed E-state index contributed by atoms with van der Waals surface area (Å²) in [6, 6.07) is 0. The van der Waals surface area contributed by atoms with Crippen molar-refractivity contribution in [1.82, 2.24) is 5.32 Å². The Morgan fingerprint density at radius 3 is 2.47 bits per heavy atom. The lowest BCUT2D eigenvalue weighted by Gasteiger charge is -2.34. The highest BCUT2D eigenvalue weighted by Crippen LogP contribution is 2.37. The Morgan fingerprint density at radius 2 is 2.07 bits per heavy atom. The predicted molar refractivity (Wildman–Crippen MR) is 63.7 cm³/mol. The molecule has 1 rings (SSSR count). The first kappa shape index (κ1) is 13.0. The van der Waals surface area contributed by atoms with E-state index in [0.717, 1.165) is 25.9 Å². The van der Waals surface area contributed by atoms with Gasteiger partial charge in [0.05, 0.1) is 11.5 Å². The number of hydrogen-bond donors (Lipinski definition) is 1. The summed E-state index contributed by atoms with van der Waals surface area (Å²) in [5, 5.41) is 3.35. The van der Waals surface area contributed by atoms with Gasteiger partial charge in [-0.05, 0) is 30.7 Å². The molecule has 0 aliphatic carbocycles. The van der Waals surface area contributed by atoms with Crippen LogP contribution in [0, 0.1) is 11.3 Å². The molecule has 0 radical (unpaired) electrons. The second kappa shape index (κ2) is 4.83. The van der Waals surface area contributed by atoms with Crippen molar-refractivity contribution in [3.05, 3.63) is 0 Å². The van der Waals surface area contributed by atoms with Crippen molar-refractivity contribution in [2.24, 2.45) is 11.3 Å². The Hall–Kier alpha value is -0.0900. The molecular formula is C11H23NO2S. The van der Waals surface area contributed by atoms with Crippen LogP contribution >= 0.6 is 0 Å². The topological polar surface area (TPSA) is 46.2 Å². The van der Waals surface area contributed by atoms with Crippen LogP contribution in [0.5, 0.6) is 0 Å². The van der Waals surface area contributed by atoms with Gasteiger partial charge in [-0.1, -0.05) is 20.8 Å². The van der Waals surface area contributed by atoms with E-state index in [4.69, 9.17) is 0 Å². The Bertz CT molecular complexity index is 300. The van der Waals surface area contributed by atoms with Crippen molar-refractivity contribution in [3.63, 3.8) is 0 Å². The van der Waals surface area contributed by atoms with E-state index in [-0.39, 0.29) is 5.41 Å². The molecule has 0 saturated carbocycles. The van der Waals surface area contributed by atoms with E-state index in [1.807, 2.05) is 0 Å². The van der Waals surface area contributed by atoms with Gasteiger partial charge in [0.25, 0.3) is 0 Å². The molecule has 2 unspecified atom stereocenters. The predicted octanol–water partition coefficient (Wildman–Crippen LogP) is 1.45. The molecule has 0 spiro atoms. The van der Waals surface area contributed by atoms with Gasteiger partial charge in [-0.15, -0.1) is 0 Å². The molecule has 0 aromatic heterocycles. The molecular weight excluding hydrogens is 210 g/mol. The van der Waals surface area contributed by atoms with Crippen LogP contribution in [-0.2, 0) is 9.84 Å². The van der Waals surface area contributed by atoms with Gasteiger partial charge >= 0.3 is 0 Å². The van der Waals surface area contributed by atoms with E-state index in [1.165, 1.54) is 0 Å². The molecule has 15 heavy (non-hydrogen) atoms. The van der Waals surface area contributed by atoms with Crippen molar-refractivity contribution < 1.29 is 8.42 Å². The molecule has 4 heteroatoms. The lowest BCUT2D eigenvalue weighted by molar-refractivity contribution is 0.191. The molecule has 2 atom stereocenters. The molecule has 0 aromatic rings. The van der Waals surface area contributed by atoms with Gasteiger partial charge in [-0.25, -0.2) is 8.42 Å². The van der Waals surface area contributed by atoms with E-state index in [1.54, 1.807) is 0 Å². The van der Waals surface area contributed by atoms with Crippen molar-refractivity contribution >= 4 is 9.84 Å². The lowest BCUT2D eigenvalue weighted by Crippen LogP contribution is -2.38. The molecule has 1 fully saturated rings. The molecule has 1 saturated heterocycles. The molecule has 1 aliphatic heterocycles. The molecule has 3 nitrogen and oxygen atoms in total. The van der Waals surface area contributed by atoms with Crippen LogP contribution in [0.1, 0.15) is 33.6 Å². The molecule has 1 N–H and O–H groups in total. The third-order valence-electron chi connectivity index (χ3n) is 3.80. The maximum absolute atomic E-state index is 11.5. The normalized spacial score (nSPS) is 28.9. The first-order chi connectivity index (χ1) is 6.93. The maximum Gasteiger partial charge on any atom is 0.150 e. The van der Waals surface area contributed by atoms with Gasteiger partial charge in [0, 0.05) is 6.54 Å². The summed E-state index contributed by atoms with van der Waals surface area (Å²) in [4.78, 5) is 0. The van der Waals surface area contributed by atoms with Gasteiger partial charge in [0.1, 0.15) is 0 Å². The van der Waals surface area contributed by atoms with Crippen molar-refractivity contribution in [2.75, 3.05) is 24.6 Å². The van der Waals surface area contributed by atoms with Gasteiger partial charge in [0.15, 0.2) is 9.84 Å². The van der Waals surface area contributed by atoms with Crippen LogP contribution in [-0.4, -0.2) is 33.0 Å². The molecule has 1 heterocycles. The second-order valence-electron chi connectivity index (χ2n) is 4.89. The van der Waals surface area contributed by atoms with Crippen LogP contribution in [0.4, 0.5) is 0 Å². The number of hydrogen-bond acceptors (Lipinski definition) is 3. The first-order valence-corrected chi connectivity index (χ1v) is 7.67. The van der Waals surface area contributed by atoms with Crippen molar-refractivity contribution in [2.45, 2.75) is 33.6 Å². The summed E-state index contributed by atoms with van der Waals surface area (Å²) in [6.45, 7) is 8.33. The zero-order valence-electron chi connectivity index (χ0n) is 10.0. The zero-order chi connectivity index (χ0) is 11.5. The Morgan fingerprint density at radius 1 is 1.40 bits per heavy atom. The smallest absolute Gasteiger partial charge is 0.150 e. The highest BCUT2D eigenvalue weighted by atomic mass is 32.2. The fourth-order valence-electron chi connectivity index (χ4n) is 2.31. The third-order valence-corrected chi connectivity index (χ3v) is 5.57.